The van der Waals surface area contributed by atoms with Gasteiger partial charge in [-0.2, -0.15) is 0 Å². The van der Waals surface area contributed by atoms with Crippen LogP contribution in [-0.4, -0.2) is 24.1 Å². The van der Waals surface area contributed by atoms with Crippen molar-refractivity contribution in [1.82, 2.24) is 10.3 Å². The van der Waals surface area contributed by atoms with E-state index >= 15 is 0 Å². The molecule has 0 bridgehead atoms. The lowest BCUT2D eigenvalue weighted by Crippen LogP contribution is -2.34. The molecule has 0 saturated heterocycles. The predicted octanol–water partition coefficient (Wildman–Crippen LogP) is 2.08. The van der Waals surface area contributed by atoms with Crippen LogP contribution in [0.4, 0.5) is 0 Å². The molecule has 3 nitrogen and oxygen atoms in total. The Hall–Kier alpha value is -0.930. The fraction of sp³-hybridized carbons (Fsp3) is 0.643. The van der Waals surface area contributed by atoms with Crippen molar-refractivity contribution in [1.29, 1.82) is 0 Å². The fourth-order valence-corrected chi connectivity index (χ4v) is 1.82. The maximum Gasteiger partial charge on any atom is 0.0305 e. The molecule has 0 aliphatic carbocycles. The van der Waals surface area contributed by atoms with Crippen molar-refractivity contribution in [2.75, 3.05) is 13.1 Å². The number of rotatable bonds is 7. The van der Waals surface area contributed by atoms with Crippen molar-refractivity contribution in [3.05, 3.63) is 30.1 Å². The SMILES string of the molecule is CC(N)CCCNCC(C)(C)c1cccnc1. The van der Waals surface area contributed by atoms with Crippen molar-refractivity contribution in [3.63, 3.8) is 0 Å². The van der Waals surface area contributed by atoms with Crippen LogP contribution in [0.15, 0.2) is 24.5 Å². The molecule has 1 unspecified atom stereocenters. The lowest BCUT2D eigenvalue weighted by Gasteiger charge is -2.25. The van der Waals surface area contributed by atoms with Gasteiger partial charge in [0.15, 0.2) is 0 Å². The van der Waals surface area contributed by atoms with Crippen LogP contribution in [0.2, 0.25) is 0 Å². The fourth-order valence-electron chi connectivity index (χ4n) is 1.82. The molecule has 0 aromatic carbocycles. The van der Waals surface area contributed by atoms with Gasteiger partial charge in [0.2, 0.25) is 0 Å². The van der Waals surface area contributed by atoms with Gasteiger partial charge in [-0.05, 0) is 37.9 Å². The van der Waals surface area contributed by atoms with Crippen molar-refractivity contribution in [2.24, 2.45) is 5.73 Å². The molecule has 0 radical (unpaired) electrons. The molecule has 1 atom stereocenters. The average Bonchev–Trinajstić information content (AvgIpc) is 2.29. The Morgan fingerprint density at radius 3 is 2.82 bits per heavy atom. The number of nitrogens with two attached hydrogens (primary N) is 1. The van der Waals surface area contributed by atoms with E-state index in [-0.39, 0.29) is 5.41 Å². The van der Waals surface area contributed by atoms with Gasteiger partial charge in [-0.15, -0.1) is 0 Å². The van der Waals surface area contributed by atoms with E-state index in [0.29, 0.717) is 6.04 Å². The first-order valence-corrected chi connectivity index (χ1v) is 6.39. The number of hydrogen-bond donors (Lipinski definition) is 2. The summed E-state index contributed by atoms with van der Waals surface area (Å²) in [7, 11) is 0. The van der Waals surface area contributed by atoms with E-state index in [1.807, 2.05) is 18.5 Å². The first-order chi connectivity index (χ1) is 8.02. The first kappa shape index (κ1) is 14.1. The van der Waals surface area contributed by atoms with Gasteiger partial charge in [0.1, 0.15) is 0 Å². The van der Waals surface area contributed by atoms with Crippen LogP contribution in [0.25, 0.3) is 0 Å². The lowest BCUT2D eigenvalue weighted by atomic mass is 9.86. The Morgan fingerprint density at radius 2 is 2.24 bits per heavy atom. The molecule has 17 heavy (non-hydrogen) atoms. The van der Waals surface area contributed by atoms with Crippen LogP contribution in [-0.2, 0) is 5.41 Å². The summed E-state index contributed by atoms with van der Waals surface area (Å²) in [5, 5.41) is 3.50. The lowest BCUT2D eigenvalue weighted by molar-refractivity contribution is 0.457. The topological polar surface area (TPSA) is 50.9 Å². The van der Waals surface area contributed by atoms with Gasteiger partial charge < -0.3 is 11.1 Å². The number of aromatic nitrogens is 1. The summed E-state index contributed by atoms with van der Waals surface area (Å²) in [4.78, 5) is 4.17. The number of pyridine rings is 1. The molecule has 3 heteroatoms. The van der Waals surface area contributed by atoms with Crippen LogP contribution >= 0.6 is 0 Å². The zero-order chi connectivity index (χ0) is 12.7. The summed E-state index contributed by atoms with van der Waals surface area (Å²) >= 11 is 0. The summed E-state index contributed by atoms with van der Waals surface area (Å²) in [5.74, 6) is 0. The van der Waals surface area contributed by atoms with E-state index in [1.54, 1.807) is 0 Å². The van der Waals surface area contributed by atoms with Gasteiger partial charge in [-0.1, -0.05) is 19.9 Å². The van der Waals surface area contributed by atoms with Gasteiger partial charge in [0, 0.05) is 30.4 Å². The molecule has 1 aromatic rings. The minimum atomic E-state index is 0.128. The van der Waals surface area contributed by atoms with Crippen molar-refractivity contribution >= 4 is 0 Å². The monoisotopic (exact) mass is 235 g/mol. The summed E-state index contributed by atoms with van der Waals surface area (Å²) in [6.07, 6.45) is 5.99. The van der Waals surface area contributed by atoms with E-state index in [4.69, 9.17) is 5.73 Å². The maximum atomic E-state index is 5.72. The second-order valence-electron chi connectivity index (χ2n) is 5.42. The van der Waals surface area contributed by atoms with E-state index in [0.717, 1.165) is 25.9 Å². The standard InChI is InChI=1S/C14H25N3/c1-12(15)6-4-9-17-11-14(2,3)13-7-5-8-16-10-13/h5,7-8,10,12,17H,4,6,9,11,15H2,1-3H3. The number of nitrogens with one attached hydrogen (secondary N) is 1. The molecule has 0 amide bonds. The third-order valence-corrected chi connectivity index (χ3v) is 3.02. The highest BCUT2D eigenvalue weighted by molar-refractivity contribution is 5.19. The Balaban J connectivity index is 2.30. The zero-order valence-corrected chi connectivity index (χ0v) is 11.2. The van der Waals surface area contributed by atoms with Gasteiger partial charge in [-0.25, -0.2) is 0 Å². The summed E-state index contributed by atoms with van der Waals surface area (Å²) in [5.41, 5.74) is 7.12. The second kappa shape index (κ2) is 6.72. The molecule has 0 saturated carbocycles. The smallest absolute Gasteiger partial charge is 0.0305 e. The Bertz CT molecular complexity index is 307. The van der Waals surface area contributed by atoms with E-state index in [2.05, 4.69) is 37.1 Å². The minimum Gasteiger partial charge on any atom is -0.328 e. The maximum absolute atomic E-state index is 5.72. The Morgan fingerprint density at radius 1 is 1.47 bits per heavy atom. The van der Waals surface area contributed by atoms with Crippen LogP contribution in [0.5, 0.6) is 0 Å². The van der Waals surface area contributed by atoms with Crippen LogP contribution in [0, 0.1) is 0 Å². The number of hydrogen-bond acceptors (Lipinski definition) is 3. The summed E-state index contributed by atoms with van der Waals surface area (Å²) in [6, 6.07) is 4.44. The van der Waals surface area contributed by atoms with Crippen LogP contribution < -0.4 is 11.1 Å². The quantitative estimate of drug-likeness (QED) is 0.711. The van der Waals surface area contributed by atoms with Crippen LogP contribution in [0.3, 0.4) is 0 Å². The molecule has 1 rings (SSSR count). The second-order valence-corrected chi connectivity index (χ2v) is 5.42. The molecule has 1 heterocycles. The zero-order valence-electron chi connectivity index (χ0n) is 11.2. The normalized spacial score (nSPS) is 13.6. The molecular formula is C14H25N3. The Kier molecular flexibility index (Phi) is 5.59. The highest BCUT2D eigenvalue weighted by atomic mass is 14.9. The van der Waals surface area contributed by atoms with Gasteiger partial charge >= 0.3 is 0 Å². The van der Waals surface area contributed by atoms with E-state index in [1.165, 1.54) is 5.56 Å². The molecule has 1 aromatic heterocycles. The Labute approximate surface area is 105 Å². The largest absolute Gasteiger partial charge is 0.328 e. The van der Waals surface area contributed by atoms with Gasteiger partial charge in [0.25, 0.3) is 0 Å². The highest BCUT2D eigenvalue weighted by Gasteiger charge is 2.19. The van der Waals surface area contributed by atoms with Gasteiger partial charge in [0.05, 0.1) is 0 Å². The molecule has 96 valence electrons. The van der Waals surface area contributed by atoms with Crippen molar-refractivity contribution in [2.45, 2.75) is 45.1 Å². The van der Waals surface area contributed by atoms with E-state index in [9.17, 15) is 0 Å². The molecule has 0 aliphatic heterocycles. The average molecular weight is 235 g/mol. The van der Waals surface area contributed by atoms with Gasteiger partial charge in [-0.3, -0.25) is 4.98 Å². The minimum absolute atomic E-state index is 0.128. The third-order valence-electron chi connectivity index (χ3n) is 3.02. The third kappa shape index (κ3) is 5.29. The summed E-state index contributed by atoms with van der Waals surface area (Å²) < 4.78 is 0. The van der Waals surface area contributed by atoms with E-state index < -0.39 is 0 Å². The molecule has 0 aliphatic rings. The molecule has 0 spiro atoms. The van der Waals surface area contributed by atoms with Crippen molar-refractivity contribution in [3.8, 4) is 0 Å². The predicted molar refractivity (Wildman–Crippen MR) is 73.0 cm³/mol. The molecule has 0 fully saturated rings. The highest BCUT2D eigenvalue weighted by Crippen LogP contribution is 2.20. The van der Waals surface area contributed by atoms with Crippen LogP contribution in [0.1, 0.15) is 39.2 Å². The van der Waals surface area contributed by atoms with Crippen molar-refractivity contribution < 1.29 is 0 Å². The molecule has 3 N–H and O–H groups in total. The first-order valence-electron chi connectivity index (χ1n) is 6.39. The molecular weight excluding hydrogens is 210 g/mol. The summed E-state index contributed by atoms with van der Waals surface area (Å²) in [6.45, 7) is 8.54. The number of nitrogens with zero attached hydrogens (tertiary/aromatic N) is 1.